The molecule has 1 aromatic carbocycles. The zero-order valence-corrected chi connectivity index (χ0v) is 9.08. The van der Waals surface area contributed by atoms with Crippen LogP contribution in [0.4, 0.5) is 4.39 Å². The van der Waals surface area contributed by atoms with Gasteiger partial charge >= 0.3 is 0 Å². The van der Waals surface area contributed by atoms with Gasteiger partial charge in [-0.05, 0) is 12.1 Å². The Morgan fingerprint density at radius 1 is 1.50 bits per heavy atom. The summed E-state index contributed by atoms with van der Waals surface area (Å²) in [7, 11) is 1.59. The van der Waals surface area contributed by atoms with Crippen LogP contribution in [0.3, 0.4) is 0 Å². The molecule has 1 aromatic heterocycles. The number of methoxy groups -OCH3 is 1. The second-order valence-electron chi connectivity index (χ2n) is 2.89. The summed E-state index contributed by atoms with van der Waals surface area (Å²) in [5.41, 5.74) is 0. The first kappa shape index (κ1) is 9.90. The fraction of sp³-hybridized carbons (Fsp3) is 0.200. The molecule has 0 saturated heterocycles. The fourth-order valence-electron chi connectivity index (χ4n) is 1.34. The van der Waals surface area contributed by atoms with Crippen molar-refractivity contribution in [3.63, 3.8) is 0 Å². The normalized spacial score (nSPS) is 11.1. The van der Waals surface area contributed by atoms with E-state index < -0.39 is 0 Å². The second kappa shape index (κ2) is 3.85. The molecule has 0 unspecified atom stereocenters. The van der Waals surface area contributed by atoms with E-state index in [1.54, 1.807) is 13.2 Å². The summed E-state index contributed by atoms with van der Waals surface area (Å²) in [6.45, 7) is 0.428. The van der Waals surface area contributed by atoms with E-state index >= 15 is 0 Å². The van der Waals surface area contributed by atoms with Crippen molar-refractivity contribution in [2.75, 3.05) is 7.11 Å². The van der Waals surface area contributed by atoms with Crippen LogP contribution in [0, 0.1) is 5.82 Å². The highest BCUT2D eigenvalue weighted by molar-refractivity contribution is 7.19. The van der Waals surface area contributed by atoms with Gasteiger partial charge in [-0.15, -0.1) is 11.3 Å². The second-order valence-corrected chi connectivity index (χ2v) is 4.40. The van der Waals surface area contributed by atoms with Gasteiger partial charge in [0.25, 0.3) is 0 Å². The first-order valence-electron chi connectivity index (χ1n) is 4.08. The third-order valence-corrected chi connectivity index (χ3v) is 3.61. The largest absolute Gasteiger partial charge is 0.379 e. The van der Waals surface area contributed by atoms with Crippen molar-refractivity contribution in [2.24, 2.45) is 0 Å². The highest BCUT2D eigenvalue weighted by atomic mass is 35.5. The van der Waals surface area contributed by atoms with Gasteiger partial charge in [0, 0.05) is 17.2 Å². The average Bonchev–Trinajstić information content (AvgIpc) is 2.46. The third-order valence-electron chi connectivity index (χ3n) is 1.95. The molecule has 0 N–H and O–H groups in total. The third kappa shape index (κ3) is 1.52. The van der Waals surface area contributed by atoms with Gasteiger partial charge in [-0.1, -0.05) is 17.7 Å². The lowest BCUT2D eigenvalue weighted by atomic mass is 10.2. The monoisotopic (exact) mass is 230 g/mol. The molecule has 0 bridgehead atoms. The van der Waals surface area contributed by atoms with E-state index in [9.17, 15) is 4.39 Å². The molecule has 0 spiro atoms. The number of hydrogen-bond donors (Lipinski definition) is 0. The Morgan fingerprint density at radius 2 is 2.29 bits per heavy atom. The van der Waals surface area contributed by atoms with E-state index in [1.807, 2.05) is 6.07 Å². The summed E-state index contributed by atoms with van der Waals surface area (Å²) in [6.07, 6.45) is 0. The number of thiophene rings is 1. The van der Waals surface area contributed by atoms with Gasteiger partial charge in [0.05, 0.1) is 16.5 Å². The summed E-state index contributed by atoms with van der Waals surface area (Å²) < 4.78 is 19.2. The lowest BCUT2D eigenvalue weighted by molar-refractivity contribution is 0.187. The van der Waals surface area contributed by atoms with Gasteiger partial charge in [0.2, 0.25) is 0 Å². The van der Waals surface area contributed by atoms with Crippen LogP contribution in [0.15, 0.2) is 18.2 Å². The number of fused-ring (bicyclic) bond motifs is 1. The number of rotatable bonds is 2. The van der Waals surface area contributed by atoms with Crippen molar-refractivity contribution >= 4 is 33.0 Å². The maximum atomic E-state index is 13.4. The Labute approximate surface area is 90.1 Å². The fourth-order valence-corrected chi connectivity index (χ4v) is 2.84. The molecule has 14 heavy (non-hydrogen) atoms. The minimum Gasteiger partial charge on any atom is -0.379 e. The molecule has 0 amide bonds. The van der Waals surface area contributed by atoms with Crippen molar-refractivity contribution < 1.29 is 9.13 Å². The van der Waals surface area contributed by atoms with E-state index in [0.717, 1.165) is 9.58 Å². The van der Waals surface area contributed by atoms with Gasteiger partial charge in [0.15, 0.2) is 0 Å². The van der Waals surface area contributed by atoms with Crippen molar-refractivity contribution in [2.45, 2.75) is 6.61 Å². The summed E-state index contributed by atoms with van der Waals surface area (Å²) in [4.78, 5) is 0.870. The molecule has 2 rings (SSSR count). The lowest BCUT2D eigenvalue weighted by Crippen LogP contribution is -1.82. The van der Waals surface area contributed by atoms with Crippen molar-refractivity contribution in [3.05, 3.63) is 33.9 Å². The van der Waals surface area contributed by atoms with Gasteiger partial charge in [-0.2, -0.15) is 0 Å². The summed E-state index contributed by atoms with van der Waals surface area (Å²) in [5.74, 6) is -0.272. The molecule has 74 valence electrons. The predicted octanol–water partition coefficient (Wildman–Crippen LogP) is 3.84. The molecular formula is C10H8ClFOS. The van der Waals surface area contributed by atoms with Crippen LogP contribution < -0.4 is 0 Å². The highest BCUT2D eigenvalue weighted by Gasteiger charge is 2.12. The molecule has 1 heterocycles. The molecule has 0 saturated carbocycles. The molecule has 4 heteroatoms. The maximum absolute atomic E-state index is 13.4. The SMILES string of the molecule is COCc1sc2cccc(F)c2c1Cl. The molecule has 0 aliphatic rings. The van der Waals surface area contributed by atoms with Crippen molar-refractivity contribution in [1.29, 1.82) is 0 Å². The Bertz CT molecular complexity index is 466. The molecule has 0 radical (unpaired) electrons. The van der Waals surface area contributed by atoms with Crippen LogP contribution in [-0.2, 0) is 11.3 Å². The highest BCUT2D eigenvalue weighted by Crippen LogP contribution is 2.36. The van der Waals surface area contributed by atoms with Crippen LogP contribution >= 0.6 is 22.9 Å². The van der Waals surface area contributed by atoms with Gasteiger partial charge < -0.3 is 4.74 Å². The first-order valence-corrected chi connectivity index (χ1v) is 5.28. The standard InChI is InChI=1S/C10H8ClFOS/c1-13-5-8-10(11)9-6(12)3-2-4-7(9)14-8/h2-4H,5H2,1H3. The Balaban J connectivity index is 2.68. The predicted molar refractivity (Wildman–Crippen MR) is 57.5 cm³/mol. The van der Waals surface area contributed by atoms with E-state index in [0.29, 0.717) is 17.0 Å². The quantitative estimate of drug-likeness (QED) is 0.762. The molecule has 0 fully saturated rings. The van der Waals surface area contributed by atoms with Crippen LogP contribution in [0.2, 0.25) is 5.02 Å². The minimum atomic E-state index is -0.272. The zero-order chi connectivity index (χ0) is 10.1. The van der Waals surface area contributed by atoms with E-state index in [2.05, 4.69) is 0 Å². The van der Waals surface area contributed by atoms with E-state index in [1.165, 1.54) is 17.4 Å². The smallest absolute Gasteiger partial charge is 0.133 e. The van der Waals surface area contributed by atoms with Gasteiger partial charge in [0.1, 0.15) is 5.82 Å². The van der Waals surface area contributed by atoms with E-state index in [4.69, 9.17) is 16.3 Å². The van der Waals surface area contributed by atoms with Crippen molar-refractivity contribution in [1.82, 2.24) is 0 Å². The average molecular weight is 231 g/mol. The van der Waals surface area contributed by atoms with Crippen LogP contribution in [0.1, 0.15) is 4.88 Å². The topological polar surface area (TPSA) is 9.23 Å². The Hall–Kier alpha value is -0.640. The van der Waals surface area contributed by atoms with Crippen LogP contribution in [0.5, 0.6) is 0 Å². The summed E-state index contributed by atoms with van der Waals surface area (Å²) >= 11 is 7.50. The van der Waals surface area contributed by atoms with Gasteiger partial charge in [-0.25, -0.2) is 4.39 Å². The first-order chi connectivity index (χ1) is 6.74. The number of hydrogen-bond acceptors (Lipinski definition) is 2. The summed E-state index contributed by atoms with van der Waals surface area (Å²) in [6, 6.07) is 4.95. The van der Waals surface area contributed by atoms with Crippen molar-refractivity contribution in [3.8, 4) is 0 Å². The maximum Gasteiger partial charge on any atom is 0.133 e. The lowest BCUT2D eigenvalue weighted by Gasteiger charge is -1.94. The Morgan fingerprint density at radius 3 is 2.93 bits per heavy atom. The van der Waals surface area contributed by atoms with Crippen LogP contribution in [0.25, 0.3) is 10.1 Å². The molecule has 1 nitrogen and oxygen atoms in total. The molecule has 0 aliphatic carbocycles. The van der Waals surface area contributed by atoms with Gasteiger partial charge in [-0.3, -0.25) is 0 Å². The number of ether oxygens (including phenoxy) is 1. The summed E-state index contributed by atoms with van der Waals surface area (Å²) in [5, 5.41) is 0.983. The van der Waals surface area contributed by atoms with E-state index in [-0.39, 0.29) is 5.82 Å². The minimum absolute atomic E-state index is 0.272. The molecule has 0 atom stereocenters. The molecular weight excluding hydrogens is 223 g/mol. The zero-order valence-electron chi connectivity index (χ0n) is 7.51. The number of halogens is 2. The number of benzene rings is 1. The molecule has 2 aromatic rings. The molecule has 0 aliphatic heterocycles. The van der Waals surface area contributed by atoms with Crippen LogP contribution in [-0.4, -0.2) is 7.11 Å². The Kier molecular flexibility index (Phi) is 2.72.